The largest absolute Gasteiger partial charge is 0.469 e. The van der Waals surface area contributed by atoms with E-state index in [1.54, 1.807) is 21.6 Å². The number of carbonyl (C=O) groups is 20. The number of esters is 1. The predicted molar refractivity (Wildman–Crippen MR) is 524 cm³/mol. The van der Waals surface area contributed by atoms with Gasteiger partial charge in [0.2, 0.25) is 70.5 Å². The number of alkyl carbamates (subject to hydrolysis) is 2. The summed E-state index contributed by atoms with van der Waals surface area (Å²) in [6.45, 7) is 46.5. The van der Waals surface area contributed by atoms with Crippen LogP contribution in [0.1, 0.15) is 321 Å². The van der Waals surface area contributed by atoms with Crippen molar-refractivity contribution in [1.82, 2.24) is 73.2 Å². The van der Waals surface area contributed by atoms with Crippen LogP contribution in [0.25, 0.3) is 0 Å². The number of hydrogen-bond acceptors (Lipinski definition) is 23. The van der Waals surface area contributed by atoms with Gasteiger partial charge in [0.05, 0.1) is 63.9 Å². The number of amides is 14. The van der Waals surface area contributed by atoms with Gasteiger partial charge in [-0.3, -0.25) is 86.3 Å². The molecule has 14 amide bonds. The molecule has 0 aromatic carbocycles. The highest BCUT2D eigenvalue weighted by Crippen LogP contribution is 2.48. The molecule has 8 rings (SSSR count). The first-order valence-electron chi connectivity index (χ1n) is 51.0. The maximum atomic E-state index is 14.5. The minimum atomic E-state index is -1.03. The van der Waals surface area contributed by atoms with Gasteiger partial charge in [-0.25, -0.2) is 9.59 Å². The number of carbonyl (C=O) groups excluding carboxylic acids is 20. The van der Waals surface area contributed by atoms with Crippen molar-refractivity contribution in [3.8, 4) is 0 Å². The Hall–Kier alpha value is -10.0. The van der Waals surface area contributed by atoms with E-state index in [0.29, 0.717) is 58.2 Å². The quantitative estimate of drug-likeness (QED) is 0.0155. The molecule has 8 aliphatic rings. The van der Waals surface area contributed by atoms with E-state index in [2.05, 4.69) is 68.0 Å². The van der Waals surface area contributed by atoms with Crippen LogP contribution in [-0.4, -0.2) is 258 Å². The Morgan fingerprint density at radius 1 is 0.321 bits per heavy atom. The lowest BCUT2D eigenvalue weighted by Gasteiger charge is -2.38. The highest BCUT2D eigenvalue weighted by Gasteiger charge is 2.58. The van der Waals surface area contributed by atoms with E-state index >= 15 is 0 Å². The number of hydrogen-bond donors (Lipinski definition) is 11. The van der Waals surface area contributed by atoms with E-state index in [-0.39, 0.29) is 96.8 Å². The van der Waals surface area contributed by atoms with E-state index in [0.717, 1.165) is 83.5 Å². The Balaban J connectivity index is 0.000000322. The molecule has 3 saturated heterocycles. The van der Waals surface area contributed by atoms with Crippen molar-refractivity contribution in [2.45, 2.75) is 405 Å². The number of nitrogens with zero attached hydrogens (tertiary/aromatic N) is 3. The van der Waals surface area contributed by atoms with Gasteiger partial charge in [-0.2, -0.15) is 0 Å². The van der Waals surface area contributed by atoms with E-state index in [1.807, 2.05) is 152 Å². The van der Waals surface area contributed by atoms with Crippen molar-refractivity contribution >= 4 is 118 Å². The van der Waals surface area contributed by atoms with Gasteiger partial charge in [0.15, 0.2) is 11.6 Å². The number of likely N-dealkylation sites (tertiary alicyclic amines) is 3. The Labute approximate surface area is 829 Å². The lowest BCUT2D eigenvalue weighted by atomic mass is 9.76. The number of nitrogens with one attached hydrogen (secondary N) is 11. The molecule has 0 bridgehead atoms. The molecular formula is C103H170N14O23. The molecule has 140 heavy (non-hydrogen) atoms. The lowest BCUT2D eigenvalue weighted by Crippen LogP contribution is -2.61. The van der Waals surface area contributed by atoms with Crippen molar-refractivity contribution in [3.63, 3.8) is 0 Å². The number of ether oxygens (including phenoxy) is 3. The van der Waals surface area contributed by atoms with Gasteiger partial charge in [-0.1, -0.05) is 191 Å². The minimum Gasteiger partial charge on any atom is -0.469 e. The molecule has 790 valence electrons. The van der Waals surface area contributed by atoms with E-state index in [9.17, 15) is 95.9 Å². The van der Waals surface area contributed by atoms with Gasteiger partial charge in [0.25, 0.3) is 17.7 Å². The monoisotopic (exact) mass is 1970 g/mol. The van der Waals surface area contributed by atoms with Gasteiger partial charge in [0, 0.05) is 62.4 Å². The summed E-state index contributed by atoms with van der Waals surface area (Å²) in [4.78, 5) is 270. The fourth-order valence-corrected chi connectivity index (χ4v) is 20.1. The SMILES string of the molecule is CCC[C@H](NC(=O)[C@@H]1[C@H]2CCC[C@H]2CN1C(=O)[C@@H](NC(=O)[C@@H](CC(=O)OC)C(C)(C)C)C(C)(C)C)C(=O)C(=O)NC1CC1.CCC[C@H](NC(=O)[C@@H]1[C@H]2CCC[C@H]2CN1C(=O)[C@@H](NC(=O)[C@@H](CC(=O)[C@@H](C)NC(=O)OC)C(C)(C)C)C(C)(C)C)C(=O)C(=O)NC1CC1.CCC[C@H](NC(=O)[C@@H]1[C@H]2CCC[C@H]2CN1C(=O)[C@@H](NC(=O)[C@@H](CC(=O)[C@@H](C)NC(=O)OC)C(C)(C)C)C(C)(C)C)C(=O)C(=O)N[C@@H](C)CC. The summed E-state index contributed by atoms with van der Waals surface area (Å²) in [6.07, 6.45) is 12.2. The first kappa shape index (κ1) is 119. The van der Waals surface area contributed by atoms with Gasteiger partial charge < -0.3 is 87.4 Å². The van der Waals surface area contributed by atoms with Crippen LogP contribution >= 0.6 is 0 Å². The Morgan fingerprint density at radius 2 is 0.593 bits per heavy atom. The first-order valence-corrected chi connectivity index (χ1v) is 51.0. The summed E-state index contributed by atoms with van der Waals surface area (Å²) in [7, 11) is 3.66. The van der Waals surface area contributed by atoms with Gasteiger partial charge in [0.1, 0.15) is 36.3 Å². The van der Waals surface area contributed by atoms with Crippen LogP contribution < -0.4 is 58.5 Å². The number of fused-ring (bicyclic) bond motifs is 3. The zero-order chi connectivity index (χ0) is 106. The fraction of sp³-hybridized carbons (Fsp3) is 0.806. The van der Waals surface area contributed by atoms with Crippen LogP contribution in [0.15, 0.2) is 0 Å². The van der Waals surface area contributed by atoms with E-state index in [1.165, 1.54) is 35.2 Å². The molecule has 0 spiro atoms. The van der Waals surface area contributed by atoms with Crippen LogP contribution in [-0.2, 0) is 101 Å². The predicted octanol–water partition coefficient (Wildman–Crippen LogP) is 8.42. The Morgan fingerprint density at radius 3 is 0.829 bits per heavy atom. The van der Waals surface area contributed by atoms with E-state index in [4.69, 9.17) is 4.74 Å². The summed E-state index contributed by atoms with van der Waals surface area (Å²) >= 11 is 0. The first-order chi connectivity index (χ1) is 64.9. The third-order valence-corrected chi connectivity index (χ3v) is 29.1. The van der Waals surface area contributed by atoms with Crippen molar-refractivity contribution in [2.75, 3.05) is 41.0 Å². The second-order valence-corrected chi connectivity index (χ2v) is 46.8. The number of methoxy groups -OCH3 is 3. The lowest BCUT2D eigenvalue weighted by molar-refractivity contribution is -0.149. The van der Waals surface area contributed by atoms with Crippen LogP contribution in [0.4, 0.5) is 9.59 Å². The highest BCUT2D eigenvalue weighted by molar-refractivity contribution is 6.39. The normalized spacial score (nSPS) is 23.0. The molecule has 11 N–H and O–H groups in total. The van der Waals surface area contributed by atoms with Crippen molar-refractivity contribution in [1.29, 1.82) is 0 Å². The number of ketones is 5. The number of Topliss-reactive ketones (excluding diaryl/α,β-unsaturated/α-hetero) is 5. The molecule has 5 saturated carbocycles. The maximum Gasteiger partial charge on any atom is 0.407 e. The summed E-state index contributed by atoms with van der Waals surface area (Å²) in [6, 6.07) is -10.5. The van der Waals surface area contributed by atoms with Crippen molar-refractivity contribution in [3.05, 3.63) is 0 Å². The summed E-state index contributed by atoms with van der Waals surface area (Å²) in [5, 5.41) is 30.3. The van der Waals surface area contributed by atoms with Crippen molar-refractivity contribution < 1.29 is 110 Å². The minimum absolute atomic E-state index is 0.00194. The van der Waals surface area contributed by atoms with Crippen LogP contribution in [0.5, 0.6) is 0 Å². The Bertz CT molecular complexity index is 4440. The average Bonchev–Trinajstić information content (AvgIpc) is 1.61. The molecule has 3 heterocycles. The molecular weight excluding hydrogens is 1800 g/mol. The summed E-state index contributed by atoms with van der Waals surface area (Å²) in [5.41, 5.74) is -4.17. The van der Waals surface area contributed by atoms with Gasteiger partial charge in [-0.15, -0.1) is 0 Å². The topological polar surface area (TPSA) is 511 Å². The summed E-state index contributed by atoms with van der Waals surface area (Å²) < 4.78 is 14.0. The van der Waals surface area contributed by atoms with Crippen LogP contribution in [0.2, 0.25) is 0 Å². The fourth-order valence-electron chi connectivity index (χ4n) is 20.1. The molecule has 0 radical (unpaired) electrons. The molecule has 37 heteroatoms. The van der Waals surface area contributed by atoms with Crippen LogP contribution in [0.3, 0.4) is 0 Å². The maximum absolute atomic E-state index is 14.5. The molecule has 0 unspecified atom stereocenters. The summed E-state index contributed by atoms with van der Waals surface area (Å²) in [5.74, 6) is -11.8. The third kappa shape index (κ3) is 32.8. The third-order valence-electron chi connectivity index (χ3n) is 29.1. The molecule has 5 aliphatic carbocycles. The average molecular weight is 1970 g/mol. The smallest absolute Gasteiger partial charge is 0.407 e. The Kier molecular flexibility index (Phi) is 43.1. The second kappa shape index (κ2) is 50.8. The zero-order valence-electron chi connectivity index (χ0n) is 88.9. The van der Waals surface area contributed by atoms with Gasteiger partial charge >= 0.3 is 18.2 Å². The van der Waals surface area contributed by atoms with Crippen molar-refractivity contribution in [2.24, 2.45) is 85.8 Å². The highest BCUT2D eigenvalue weighted by atomic mass is 16.5. The molecule has 0 aromatic heterocycles. The zero-order valence-corrected chi connectivity index (χ0v) is 88.9. The molecule has 8 fully saturated rings. The molecule has 3 aliphatic heterocycles. The molecule has 21 atom stereocenters. The van der Waals surface area contributed by atoms with E-state index < -0.39 is 217 Å². The molecule has 37 nitrogen and oxygen atoms in total. The number of rotatable bonds is 41. The van der Waals surface area contributed by atoms with Crippen LogP contribution in [0, 0.1) is 85.8 Å². The standard InChI is InChI=1S/C36H61N5O8.C35H57N5O8.C32H52N4O7/c1-12-15-25(28(43)32(46)37-20(3)13-2)39-31(45)27-23-17-14-16-22(23)19-41(27)33(47)29(36(8,9)10)40-30(44)24(35(5,6)7)18-26(42)21(4)38-34(48)49-11;1-10-12-24(27(42)31(45)37-21-15-16-21)38-30(44)26-22-14-11-13-20(22)18-40(26)32(46)28(35(6,7)8)39-29(43)23(34(3,4)5)17-25(41)19(2)36-33(47)48-9;1-9-11-22(25(38)29(41)33-19-14-15-19)34-28(40)24-20-13-10-12-18(20)17-36(24)30(42)26(32(5,6)7)35-27(39)21(31(2,3)4)16-23(37)43-8/h20-25,27,29H,12-19H2,1-11H3,(H,37,46)(H,38,48)(H,39,45)(H,40,44);19-24,26,28H,10-18H2,1-9H3,(H,36,47)(H,37,45)(H,38,44)(H,39,43);18-22,24,26H,9-17H2,1-8H3,(H,33,41)(H,34,40)(H,35,39)/t20-,21+,22-,23-,24+,25-,27-,29+;19-,20+,22+,23-,24+,26+,28-;18-,20-,21+,22-,24-,26+/m010/s1. The molecule has 0 aromatic rings. The second-order valence-electron chi connectivity index (χ2n) is 46.8. The van der Waals surface area contributed by atoms with Gasteiger partial charge in [-0.05, 0) is 179 Å².